The van der Waals surface area contributed by atoms with Crippen molar-refractivity contribution in [1.82, 2.24) is 34.7 Å². The second-order valence-electron chi connectivity index (χ2n) is 8.42. The highest BCUT2D eigenvalue weighted by Gasteiger charge is 2.49. The maximum atomic E-state index is 13.4. The number of morpholine rings is 1. The summed E-state index contributed by atoms with van der Waals surface area (Å²) in [5.74, 6) is -0.446. The van der Waals surface area contributed by atoms with Crippen molar-refractivity contribution in [2.45, 2.75) is 23.9 Å². The van der Waals surface area contributed by atoms with Crippen LogP contribution in [0.3, 0.4) is 0 Å². The number of hydrogen-bond acceptors (Lipinski definition) is 8. The SMILES string of the molecule is C[C@@]1(c2cccc(-n3cnnn3)c2)NC(=O)N(Cc2cccc(S(=O)(=O)N3CCOCC3)c2)C1=O. The van der Waals surface area contributed by atoms with Crippen LogP contribution in [0.2, 0.25) is 0 Å². The minimum atomic E-state index is -3.71. The number of nitrogens with one attached hydrogen (secondary N) is 1. The molecule has 1 N–H and O–H groups in total. The molecule has 13 heteroatoms. The van der Waals surface area contributed by atoms with Crippen LogP contribution in [0.1, 0.15) is 18.1 Å². The number of nitrogens with zero attached hydrogens (tertiary/aromatic N) is 6. The second-order valence-corrected chi connectivity index (χ2v) is 10.4. The van der Waals surface area contributed by atoms with Gasteiger partial charge in [0.1, 0.15) is 11.9 Å². The highest BCUT2D eigenvalue weighted by molar-refractivity contribution is 7.89. The van der Waals surface area contributed by atoms with Gasteiger partial charge in [-0.15, -0.1) is 5.10 Å². The van der Waals surface area contributed by atoms with E-state index in [1.54, 1.807) is 43.3 Å². The van der Waals surface area contributed by atoms with Crippen LogP contribution in [0.4, 0.5) is 4.79 Å². The zero-order valence-electron chi connectivity index (χ0n) is 18.9. The molecule has 0 aliphatic carbocycles. The van der Waals surface area contributed by atoms with E-state index in [9.17, 15) is 18.0 Å². The molecule has 3 aromatic rings. The lowest BCUT2D eigenvalue weighted by Gasteiger charge is -2.26. The monoisotopic (exact) mass is 497 g/mol. The molecule has 1 atom stereocenters. The summed E-state index contributed by atoms with van der Waals surface area (Å²) in [7, 11) is -3.71. The fourth-order valence-corrected chi connectivity index (χ4v) is 5.68. The number of urea groups is 1. The molecule has 0 spiro atoms. The average molecular weight is 498 g/mol. The zero-order chi connectivity index (χ0) is 24.6. The fourth-order valence-electron chi connectivity index (χ4n) is 4.20. The molecule has 2 aromatic carbocycles. The number of hydrogen-bond donors (Lipinski definition) is 1. The number of tetrazole rings is 1. The van der Waals surface area contributed by atoms with Crippen LogP contribution in [0.15, 0.2) is 59.8 Å². The Labute approximate surface area is 201 Å². The Balaban J connectivity index is 1.39. The normalized spacial score (nSPS) is 21.3. The quantitative estimate of drug-likeness (QED) is 0.490. The van der Waals surface area contributed by atoms with Crippen LogP contribution in [-0.2, 0) is 31.6 Å². The van der Waals surface area contributed by atoms with Crippen LogP contribution in [-0.4, -0.2) is 76.1 Å². The van der Waals surface area contributed by atoms with Gasteiger partial charge in [0.2, 0.25) is 10.0 Å². The molecular weight excluding hydrogens is 474 g/mol. The third-order valence-electron chi connectivity index (χ3n) is 6.16. The van der Waals surface area contributed by atoms with Crippen molar-refractivity contribution in [2.24, 2.45) is 0 Å². The van der Waals surface area contributed by atoms with E-state index in [-0.39, 0.29) is 24.5 Å². The number of carbonyl (C=O) groups is 2. The first-order valence-corrected chi connectivity index (χ1v) is 12.4. The summed E-state index contributed by atoms with van der Waals surface area (Å²) >= 11 is 0. The molecule has 0 bridgehead atoms. The number of carbonyl (C=O) groups excluding carboxylic acids is 2. The van der Waals surface area contributed by atoms with Crippen molar-refractivity contribution in [3.8, 4) is 5.69 Å². The first kappa shape index (κ1) is 23.1. The molecule has 3 heterocycles. The molecule has 0 radical (unpaired) electrons. The smallest absolute Gasteiger partial charge is 0.325 e. The fraction of sp³-hybridized carbons (Fsp3) is 0.318. The van der Waals surface area contributed by atoms with Crippen molar-refractivity contribution in [3.05, 3.63) is 66.0 Å². The molecule has 2 aliphatic rings. The summed E-state index contributed by atoms with van der Waals surface area (Å²) in [5, 5.41) is 13.9. The number of benzene rings is 2. The Morgan fingerprint density at radius 2 is 1.86 bits per heavy atom. The molecule has 35 heavy (non-hydrogen) atoms. The summed E-state index contributed by atoms with van der Waals surface area (Å²) in [4.78, 5) is 27.5. The highest BCUT2D eigenvalue weighted by atomic mass is 32.2. The molecular formula is C22H23N7O5S. The molecule has 0 saturated carbocycles. The lowest BCUT2D eigenvalue weighted by Crippen LogP contribution is -2.41. The number of sulfonamides is 1. The number of rotatable bonds is 6. The average Bonchev–Trinajstić information content (AvgIpc) is 3.49. The number of imide groups is 1. The first-order chi connectivity index (χ1) is 16.8. The Hall–Kier alpha value is -3.68. The standard InChI is InChI=1S/C22H23N7O5S/c1-22(17-5-3-6-18(13-17)29-15-23-25-26-29)20(30)28(21(31)24-22)14-16-4-2-7-19(12-16)35(32,33)27-8-10-34-11-9-27/h2-7,12-13,15H,8-11,14H2,1H3,(H,24,31)/t22-/m0/s1. The van der Waals surface area contributed by atoms with E-state index in [0.717, 1.165) is 4.90 Å². The van der Waals surface area contributed by atoms with Gasteiger partial charge in [0.25, 0.3) is 5.91 Å². The Morgan fingerprint density at radius 3 is 2.60 bits per heavy atom. The van der Waals surface area contributed by atoms with E-state index in [0.29, 0.717) is 30.0 Å². The van der Waals surface area contributed by atoms with Gasteiger partial charge in [-0.2, -0.15) is 4.31 Å². The second kappa shape index (κ2) is 8.83. The van der Waals surface area contributed by atoms with E-state index in [1.807, 2.05) is 0 Å². The molecule has 2 saturated heterocycles. The Morgan fingerprint density at radius 1 is 1.09 bits per heavy atom. The minimum absolute atomic E-state index is 0.0700. The summed E-state index contributed by atoms with van der Waals surface area (Å²) in [6.07, 6.45) is 1.43. The number of aromatic nitrogens is 4. The predicted octanol–water partition coefficient (Wildman–Crippen LogP) is 0.650. The Kier molecular flexibility index (Phi) is 5.83. The maximum absolute atomic E-state index is 13.4. The summed E-state index contributed by atoms with van der Waals surface area (Å²) in [6.45, 7) is 2.80. The molecule has 12 nitrogen and oxygen atoms in total. The van der Waals surface area contributed by atoms with E-state index in [2.05, 4.69) is 20.8 Å². The topological polar surface area (TPSA) is 140 Å². The van der Waals surface area contributed by atoms with Crippen molar-refractivity contribution in [2.75, 3.05) is 26.3 Å². The van der Waals surface area contributed by atoms with Crippen LogP contribution in [0.25, 0.3) is 5.69 Å². The molecule has 182 valence electrons. The third-order valence-corrected chi connectivity index (χ3v) is 8.05. The Bertz CT molecular complexity index is 1370. The molecule has 3 amide bonds. The molecule has 2 fully saturated rings. The van der Waals surface area contributed by atoms with Gasteiger partial charge in [0.15, 0.2) is 0 Å². The van der Waals surface area contributed by atoms with Crippen molar-refractivity contribution < 1.29 is 22.7 Å². The van der Waals surface area contributed by atoms with Crippen molar-refractivity contribution >= 4 is 22.0 Å². The van der Waals surface area contributed by atoms with Crippen LogP contribution in [0.5, 0.6) is 0 Å². The van der Waals surface area contributed by atoms with Gasteiger partial charge in [-0.1, -0.05) is 24.3 Å². The third kappa shape index (κ3) is 4.17. The zero-order valence-corrected chi connectivity index (χ0v) is 19.7. The summed E-state index contributed by atoms with van der Waals surface area (Å²) in [6, 6.07) is 12.7. The van der Waals surface area contributed by atoms with E-state index < -0.39 is 27.5 Å². The van der Waals surface area contributed by atoms with Gasteiger partial charge >= 0.3 is 6.03 Å². The van der Waals surface area contributed by atoms with Gasteiger partial charge in [-0.05, 0) is 52.7 Å². The molecule has 1 aromatic heterocycles. The molecule has 2 aliphatic heterocycles. The van der Waals surface area contributed by atoms with Crippen LogP contribution in [0, 0.1) is 0 Å². The number of amides is 3. The first-order valence-electron chi connectivity index (χ1n) is 10.9. The van der Waals surface area contributed by atoms with Crippen molar-refractivity contribution in [1.29, 1.82) is 0 Å². The maximum Gasteiger partial charge on any atom is 0.325 e. The van der Waals surface area contributed by atoms with Gasteiger partial charge in [0, 0.05) is 13.1 Å². The predicted molar refractivity (Wildman–Crippen MR) is 122 cm³/mol. The lowest BCUT2D eigenvalue weighted by atomic mass is 9.91. The van der Waals surface area contributed by atoms with E-state index in [1.165, 1.54) is 27.4 Å². The van der Waals surface area contributed by atoms with Crippen LogP contribution < -0.4 is 5.32 Å². The summed E-state index contributed by atoms with van der Waals surface area (Å²) in [5.41, 5.74) is 0.415. The molecule has 0 unspecified atom stereocenters. The van der Waals surface area contributed by atoms with E-state index in [4.69, 9.17) is 4.74 Å². The van der Waals surface area contributed by atoms with Crippen molar-refractivity contribution in [3.63, 3.8) is 0 Å². The summed E-state index contributed by atoms with van der Waals surface area (Å²) < 4.78 is 34.1. The molecule has 5 rings (SSSR count). The van der Waals surface area contributed by atoms with Gasteiger partial charge < -0.3 is 10.1 Å². The lowest BCUT2D eigenvalue weighted by molar-refractivity contribution is -0.131. The van der Waals surface area contributed by atoms with Gasteiger partial charge in [-0.3, -0.25) is 9.69 Å². The van der Waals surface area contributed by atoms with Gasteiger partial charge in [0.05, 0.1) is 30.3 Å². The largest absolute Gasteiger partial charge is 0.379 e. The minimum Gasteiger partial charge on any atom is -0.379 e. The number of ether oxygens (including phenoxy) is 1. The van der Waals surface area contributed by atoms with Crippen LogP contribution >= 0.6 is 0 Å². The van der Waals surface area contributed by atoms with Gasteiger partial charge in [-0.25, -0.2) is 17.9 Å². The van der Waals surface area contributed by atoms with E-state index >= 15 is 0 Å². The highest BCUT2D eigenvalue weighted by Crippen LogP contribution is 2.31.